The number of nitrogens with one attached hydrogen (secondary N) is 1. The van der Waals surface area contributed by atoms with Crippen LogP contribution in [0.5, 0.6) is 0 Å². The Bertz CT molecular complexity index is 116. The molecule has 1 rings (SSSR count). The Balaban J connectivity index is 0.000000561. The van der Waals surface area contributed by atoms with Crippen molar-refractivity contribution in [3.63, 3.8) is 0 Å². The van der Waals surface area contributed by atoms with Crippen LogP contribution in [0.3, 0.4) is 0 Å². The first-order valence-electron chi connectivity index (χ1n) is 4.86. The maximum Gasteiger partial charge on any atom is 0.0519 e. The first kappa shape index (κ1) is 11.9. The third-order valence-corrected chi connectivity index (χ3v) is 2.46. The minimum absolute atomic E-state index is 0.484. The molecule has 0 aromatic rings. The second-order valence-corrected chi connectivity index (χ2v) is 3.55. The molecule has 0 aliphatic heterocycles. The zero-order valence-corrected chi connectivity index (χ0v) is 9.11. The van der Waals surface area contributed by atoms with Crippen LogP contribution in [0.2, 0.25) is 0 Å². The molecule has 12 heavy (non-hydrogen) atoms. The molecule has 0 spiro atoms. The number of methoxy groups -OCH3 is 1. The van der Waals surface area contributed by atoms with Gasteiger partial charge in [0.15, 0.2) is 0 Å². The normalized spacial score (nSPS) is 32.2. The third-order valence-electron chi connectivity index (χ3n) is 2.46. The Labute approximate surface area is 76.7 Å². The lowest BCUT2D eigenvalue weighted by Crippen LogP contribution is -2.16. The van der Waals surface area contributed by atoms with E-state index in [1.54, 1.807) is 7.11 Å². The van der Waals surface area contributed by atoms with Gasteiger partial charge in [0.05, 0.1) is 6.61 Å². The fourth-order valence-electron chi connectivity index (χ4n) is 1.58. The van der Waals surface area contributed by atoms with Gasteiger partial charge in [0, 0.05) is 7.11 Å². The van der Waals surface area contributed by atoms with Crippen LogP contribution in [-0.4, -0.2) is 27.3 Å². The van der Waals surface area contributed by atoms with E-state index in [9.17, 15) is 0 Å². The van der Waals surface area contributed by atoms with E-state index in [0.717, 1.165) is 19.1 Å². The van der Waals surface area contributed by atoms with Gasteiger partial charge in [-0.1, -0.05) is 20.8 Å². The lowest BCUT2D eigenvalue weighted by Gasteiger charge is -2.08. The van der Waals surface area contributed by atoms with E-state index in [-0.39, 0.29) is 0 Å². The van der Waals surface area contributed by atoms with Crippen LogP contribution in [0, 0.1) is 11.3 Å². The molecule has 0 aromatic carbocycles. The highest BCUT2D eigenvalue weighted by molar-refractivity contribution is 4.99. The van der Waals surface area contributed by atoms with Gasteiger partial charge in [-0.05, 0) is 31.3 Å². The molecule has 2 atom stereocenters. The molecule has 0 amide bonds. The Morgan fingerprint density at radius 3 is 2.50 bits per heavy atom. The van der Waals surface area contributed by atoms with Crippen molar-refractivity contribution >= 4 is 0 Å². The maximum atomic E-state index is 5.12. The van der Waals surface area contributed by atoms with Gasteiger partial charge in [-0.15, -0.1) is 0 Å². The summed E-state index contributed by atoms with van der Waals surface area (Å²) in [4.78, 5) is 0. The molecule has 0 bridgehead atoms. The highest BCUT2D eigenvalue weighted by Crippen LogP contribution is 2.51. The number of hydrogen-bond donors (Lipinski definition) is 1. The fraction of sp³-hybridized carbons (Fsp3) is 1.00. The molecule has 74 valence electrons. The Morgan fingerprint density at radius 2 is 2.08 bits per heavy atom. The Kier molecular flexibility index (Phi) is 5.51. The van der Waals surface area contributed by atoms with Gasteiger partial charge in [0.25, 0.3) is 0 Å². The molecule has 2 nitrogen and oxygen atoms in total. The van der Waals surface area contributed by atoms with Crippen LogP contribution in [0.25, 0.3) is 0 Å². The molecule has 0 aromatic heterocycles. The summed E-state index contributed by atoms with van der Waals surface area (Å²) in [6.07, 6.45) is 1.32. The quantitative estimate of drug-likeness (QED) is 0.701. The molecule has 0 heterocycles. The van der Waals surface area contributed by atoms with Crippen molar-refractivity contribution in [1.82, 2.24) is 5.32 Å². The molecule has 1 aliphatic rings. The largest absolute Gasteiger partial charge is 0.384 e. The van der Waals surface area contributed by atoms with Gasteiger partial charge in [0.2, 0.25) is 0 Å². The van der Waals surface area contributed by atoms with E-state index >= 15 is 0 Å². The van der Waals surface area contributed by atoms with Gasteiger partial charge < -0.3 is 10.1 Å². The summed E-state index contributed by atoms with van der Waals surface area (Å²) in [5.74, 6) is 0.845. The monoisotopic (exact) mass is 173 g/mol. The molecule has 2 unspecified atom stereocenters. The van der Waals surface area contributed by atoms with Crippen LogP contribution in [-0.2, 0) is 4.74 Å². The van der Waals surface area contributed by atoms with Crippen molar-refractivity contribution in [3.8, 4) is 0 Å². The predicted molar refractivity (Wildman–Crippen MR) is 53.4 cm³/mol. The summed E-state index contributed by atoms with van der Waals surface area (Å²) in [7, 11) is 3.78. The summed E-state index contributed by atoms with van der Waals surface area (Å²) < 4.78 is 5.12. The highest BCUT2D eigenvalue weighted by Gasteiger charge is 2.49. The van der Waals surface area contributed by atoms with Crippen LogP contribution < -0.4 is 5.32 Å². The van der Waals surface area contributed by atoms with Gasteiger partial charge in [0.1, 0.15) is 0 Å². The second-order valence-electron chi connectivity index (χ2n) is 3.55. The van der Waals surface area contributed by atoms with Crippen molar-refractivity contribution in [2.24, 2.45) is 11.3 Å². The average molecular weight is 173 g/mol. The average Bonchev–Trinajstić information content (AvgIpc) is 2.67. The van der Waals surface area contributed by atoms with Crippen molar-refractivity contribution < 1.29 is 4.74 Å². The van der Waals surface area contributed by atoms with E-state index in [4.69, 9.17) is 4.74 Å². The van der Waals surface area contributed by atoms with Crippen LogP contribution in [0.4, 0.5) is 0 Å². The third kappa shape index (κ3) is 3.11. The van der Waals surface area contributed by atoms with E-state index in [0.29, 0.717) is 5.41 Å². The molecule has 0 radical (unpaired) electrons. The number of rotatable bonds is 4. The number of hydrogen-bond acceptors (Lipinski definition) is 2. The first-order chi connectivity index (χ1) is 5.73. The van der Waals surface area contributed by atoms with Gasteiger partial charge in [-0.3, -0.25) is 0 Å². The van der Waals surface area contributed by atoms with Gasteiger partial charge in [-0.2, -0.15) is 0 Å². The summed E-state index contributed by atoms with van der Waals surface area (Å²) in [5, 5.41) is 3.19. The lowest BCUT2D eigenvalue weighted by molar-refractivity contribution is 0.141. The molecular weight excluding hydrogens is 150 g/mol. The predicted octanol–water partition coefficient (Wildman–Crippen LogP) is 1.90. The minimum atomic E-state index is 0.484. The summed E-state index contributed by atoms with van der Waals surface area (Å²) in [6, 6.07) is 0. The van der Waals surface area contributed by atoms with Crippen molar-refractivity contribution in [1.29, 1.82) is 0 Å². The molecular formula is C10H23NO. The zero-order chi connectivity index (χ0) is 9.61. The smallest absolute Gasteiger partial charge is 0.0519 e. The maximum absolute atomic E-state index is 5.12. The Morgan fingerprint density at radius 1 is 1.50 bits per heavy atom. The minimum Gasteiger partial charge on any atom is -0.384 e. The molecule has 1 fully saturated rings. The topological polar surface area (TPSA) is 21.3 Å². The molecule has 0 saturated heterocycles. The van der Waals surface area contributed by atoms with Crippen LogP contribution >= 0.6 is 0 Å². The Hall–Kier alpha value is -0.0800. The van der Waals surface area contributed by atoms with E-state index < -0.39 is 0 Å². The van der Waals surface area contributed by atoms with Crippen LogP contribution in [0.15, 0.2) is 0 Å². The summed E-state index contributed by atoms with van der Waals surface area (Å²) in [6.45, 7) is 8.34. The van der Waals surface area contributed by atoms with Crippen LogP contribution in [0.1, 0.15) is 27.2 Å². The molecule has 2 heteroatoms. The summed E-state index contributed by atoms with van der Waals surface area (Å²) in [5.41, 5.74) is 0.484. The van der Waals surface area contributed by atoms with Gasteiger partial charge in [-0.25, -0.2) is 0 Å². The molecule has 1 aliphatic carbocycles. The fourth-order valence-corrected chi connectivity index (χ4v) is 1.58. The SMILES string of the molecule is CC.CNCC1CC1(C)COC. The molecule has 1 N–H and O–H groups in total. The highest BCUT2D eigenvalue weighted by atomic mass is 16.5. The van der Waals surface area contributed by atoms with Crippen molar-refractivity contribution in [2.75, 3.05) is 27.3 Å². The standard InChI is InChI=1S/C8H17NO.C2H6/c1-8(6-10-3)4-7(8)5-9-2;1-2/h7,9H,4-6H2,1-3H3;1-2H3. The first-order valence-corrected chi connectivity index (χ1v) is 4.86. The van der Waals surface area contributed by atoms with Crippen molar-refractivity contribution in [2.45, 2.75) is 27.2 Å². The van der Waals surface area contributed by atoms with E-state index in [1.165, 1.54) is 6.42 Å². The number of ether oxygens (including phenoxy) is 1. The second kappa shape index (κ2) is 5.55. The van der Waals surface area contributed by atoms with E-state index in [1.807, 2.05) is 20.9 Å². The van der Waals surface area contributed by atoms with Crippen molar-refractivity contribution in [3.05, 3.63) is 0 Å². The zero-order valence-electron chi connectivity index (χ0n) is 9.11. The van der Waals surface area contributed by atoms with E-state index in [2.05, 4.69) is 12.2 Å². The van der Waals surface area contributed by atoms with Gasteiger partial charge >= 0.3 is 0 Å². The molecule has 1 saturated carbocycles. The lowest BCUT2D eigenvalue weighted by atomic mass is 10.1. The summed E-state index contributed by atoms with van der Waals surface area (Å²) >= 11 is 0.